The number of carbonyl (C=O) groups is 4. The van der Waals surface area contributed by atoms with Gasteiger partial charge in [0.2, 0.25) is 17.4 Å². The van der Waals surface area contributed by atoms with Crippen LogP contribution in [0.5, 0.6) is 0 Å². The van der Waals surface area contributed by atoms with E-state index in [9.17, 15) is 24.3 Å². The molecule has 0 aromatic rings. The first-order valence-electron chi connectivity index (χ1n) is 5.43. The number of amides is 2. The molecule has 0 spiro atoms. The maximum atomic E-state index is 11.9. The minimum Gasteiger partial charge on any atom is -0.479 e. The number of rotatable bonds is 4. The van der Waals surface area contributed by atoms with Gasteiger partial charge in [-0.15, -0.1) is 0 Å². The number of nitrogens with zero attached hydrogens (tertiary/aromatic N) is 1. The van der Waals surface area contributed by atoms with Gasteiger partial charge in [0.15, 0.2) is 5.78 Å². The Bertz CT molecular complexity index is 436. The Morgan fingerprint density at radius 1 is 1.32 bits per heavy atom. The number of carboxylic acids is 1. The number of carboxylic acid groups (broad SMARTS) is 1. The van der Waals surface area contributed by atoms with E-state index in [-0.39, 0.29) is 17.7 Å². The Kier molecular flexibility index (Phi) is 4.35. The molecular weight excluding hydrogens is 260 g/mol. The van der Waals surface area contributed by atoms with Gasteiger partial charge in [-0.1, -0.05) is 0 Å². The zero-order valence-corrected chi connectivity index (χ0v) is 9.90. The van der Waals surface area contributed by atoms with Gasteiger partial charge in [0.25, 0.3) is 0 Å². The number of carbonyl (C=O) groups excluding carboxylic acids is 3. The fourth-order valence-corrected chi connectivity index (χ4v) is 1.87. The molecular formula is C10H14N2O7. The molecule has 0 radical (unpaired) electrons. The maximum Gasteiger partial charge on any atom is 0.340 e. The van der Waals surface area contributed by atoms with Crippen molar-refractivity contribution < 1.29 is 34.5 Å². The van der Waals surface area contributed by atoms with Gasteiger partial charge < -0.3 is 21.1 Å². The highest BCUT2D eigenvalue weighted by atomic mass is 16.4. The molecule has 1 fully saturated rings. The summed E-state index contributed by atoms with van der Waals surface area (Å²) in [4.78, 5) is 46.8. The Morgan fingerprint density at radius 3 is 2.32 bits per heavy atom. The van der Waals surface area contributed by atoms with Crippen LogP contribution < -0.4 is 5.73 Å². The standard InChI is InChI=1S/C10H14N2O7/c11-5(3-13)8(17)12-7(16)2-1-6(15)10(12,4-14)9(18)19/h5,13-14H,1-4,11H2,(H,18,19)/t5-,10+/m0/s1. The molecule has 19 heavy (non-hydrogen) atoms. The van der Waals surface area contributed by atoms with E-state index >= 15 is 0 Å². The first kappa shape index (κ1) is 15.2. The van der Waals surface area contributed by atoms with Gasteiger partial charge in [0.1, 0.15) is 6.04 Å². The summed E-state index contributed by atoms with van der Waals surface area (Å²) in [7, 11) is 0. The summed E-state index contributed by atoms with van der Waals surface area (Å²) >= 11 is 0. The monoisotopic (exact) mass is 274 g/mol. The van der Waals surface area contributed by atoms with Crippen molar-refractivity contribution in [1.29, 1.82) is 0 Å². The normalized spacial score (nSPS) is 25.3. The molecule has 1 saturated heterocycles. The number of hydrogen-bond acceptors (Lipinski definition) is 7. The van der Waals surface area contributed by atoms with Crippen molar-refractivity contribution in [2.45, 2.75) is 24.4 Å². The van der Waals surface area contributed by atoms with Crippen LogP contribution in [0.25, 0.3) is 0 Å². The molecule has 5 N–H and O–H groups in total. The number of likely N-dealkylation sites (tertiary alicyclic amines) is 1. The lowest BCUT2D eigenvalue weighted by atomic mass is 9.85. The number of aliphatic hydroxyl groups excluding tert-OH is 2. The van der Waals surface area contributed by atoms with Crippen LogP contribution >= 0.6 is 0 Å². The highest BCUT2D eigenvalue weighted by Crippen LogP contribution is 2.27. The largest absolute Gasteiger partial charge is 0.479 e. The predicted molar refractivity (Wildman–Crippen MR) is 58.6 cm³/mol. The van der Waals surface area contributed by atoms with Gasteiger partial charge in [-0.3, -0.25) is 19.3 Å². The van der Waals surface area contributed by atoms with Crippen LogP contribution in [0.15, 0.2) is 0 Å². The SMILES string of the molecule is N[C@@H](CO)C(=O)N1C(=O)CCC(=O)[C@]1(CO)C(=O)O. The Balaban J connectivity index is 3.34. The summed E-state index contributed by atoms with van der Waals surface area (Å²) < 4.78 is 0. The second kappa shape index (κ2) is 5.43. The highest BCUT2D eigenvalue weighted by Gasteiger charge is 2.58. The third kappa shape index (κ3) is 2.23. The second-order valence-electron chi connectivity index (χ2n) is 4.10. The molecule has 2 amide bonds. The first-order chi connectivity index (χ1) is 8.82. The molecule has 0 bridgehead atoms. The Labute approximate surface area is 107 Å². The summed E-state index contributed by atoms with van der Waals surface area (Å²) in [5, 5.41) is 27.1. The number of nitrogens with two attached hydrogens (primary N) is 1. The zero-order chi connectivity index (χ0) is 14.8. The third-order valence-corrected chi connectivity index (χ3v) is 2.98. The van der Waals surface area contributed by atoms with Gasteiger partial charge in [-0.05, 0) is 0 Å². The van der Waals surface area contributed by atoms with Crippen LogP contribution in [0.1, 0.15) is 12.8 Å². The van der Waals surface area contributed by atoms with Gasteiger partial charge in [0.05, 0.1) is 13.2 Å². The molecule has 1 heterocycles. The molecule has 2 atom stereocenters. The van der Waals surface area contributed by atoms with Crippen molar-refractivity contribution in [3.63, 3.8) is 0 Å². The van der Waals surface area contributed by atoms with E-state index in [1.54, 1.807) is 0 Å². The summed E-state index contributed by atoms with van der Waals surface area (Å²) in [6.07, 6.45) is -0.735. The van der Waals surface area contributed by atoms with Crippen molar-refractivity contribution in [2.24, 2.45) is 5.73 Å². The fourth-order valence-electron chi connectivity index (χ4n) is 1.87. The number of aliphatic hydroxyl groups is 2. The lowest BCUT2D eigenvalue weighted by Gasteiger charge is -2.40. The van der Waals surface area contributed by atoms with Crippen molar-refractivity contribution >= 4 is 23.6 Å². The van der Waals surface area contributed by atoms with E-state index in [1.165, 1.54) is 0 Å². The van der Waals surface area contributed by atoms with E-state index in [4.69, 9.17) is 15.9 Å². The van der Waals surface area contributed by atoms with Crippen LogP contribution in [-0.4, -0.2) is 68.6 Å². The van der Waals surface area contributed by atoms with Gasteiger partial charge >= 0.3 is 5.97 Å². The summed E-state index contributed by atoms with van der Waals surface area (Å²) in [5.74, 6) is -4.91. The number of hydrogen-bond donors (Lipinski definition) is 4. The summed E-state index contributed by atoms with van der Waals surface area (Å²) in [6.45, 7) is -2.06. The number of Topliss-reactive ketones (excluding diaryl/α,β-unsaturated/α-hetero) is 1. The van der Waals surface area contributed by atoms with Crippen LogP contribution in [0, 0.1) is 0 Å². The average molecular weight is 274 g/mol. The minimum absolute atomic E-state index is 0.155. The lowest BCUT2D eigenvalue weighted by Crippen LogP contribution is -2.70. The molecule has 0 aliphatic carbocycles. The molecule has 0 aromatic carbocycles. The molecule has 0 unspecified atom stereocenters. The Hall–Kier alpha value is -1.84. The van der Waals surface area contributed by atoms with Crippen LogP contribution in [0.2, 0.25) is 0 Å². The number of aliphatic carboxylic acids is 1. The van der Waals surface area contributed by atoms with Gasteiger partial charge in [-0.25, -0.2) is 4.79 Å². The molecule has 9 nitrogen and oxygen atoms in total. The molecule has 1 aliphatic rings. The topological polar surface area (TPSA) is 158 Å². The first-order valence-corrected chi connectivity index (χ1v) is 5.43. The predicted octanol–water partition coefficient (Wildman–Crippen LogP) is -3.16. The molecule has 1 aliphatic heterocycles. The quantitative estimate of drug-likeness (QED) is 0.391. The third-order valence-electron chi connectivity index (χ3n) is 2.98. The van der Waals surface area contributed by atoms with Crippen LogP contribution in [-0.2, 0) is 19.2 Å². The summed E-state index contributed by atoms with van der Waals surface area (Å²) in [5.41, 5.74) is 2.60. The molecule has 106 valence electrons. The van der Waals surface area contributed by atoms with E-state index in [1.807, 2.05) is 0 Å². The zero-order valence-electron chi connectivity index (χ0n) is 9.90. The van der Waals surface area contributed by atoms with Gasteiger partial charge in [0, 0.05) is 12.8 Å². The van der Waals surface area contributed by atoms with Crippen LogP contribution in [0.3, 0.4) is 0 Å². The minimum atomic E-state index is -2.65. The van der Waals surface area contributed by atoms with Crippen molar-refractivity contribution in [2.75, 3.05) is 13.2 Å². The Morgan fingerprint density at radius 2 is 1.89 bits per heavy atom. The van der Waals surface area contributed by atoms with Gasteiger partial charge in [-0.2, -0.15) is 0 Å². The molecule has 0 aromatic heterocycles. The highest BCUT2D eigenvalue weighted by molar-refractivity contribution is 6.18. The smallest absolute Gasteiger partial charge is 0.340 e. The number of piperidine rings is 1. The van der Waals surface area contributed by atoms with Crippen molar-refractivity contribution in [3.05, 3.63) is 0 Å². The van der Waals surface area contributed by atoms with Crippen molar-refractivity contribution in [3.8, 4) is 0 Å². The van der Waals surface area contributed by atoms with E-state index in [0.717, 1.165) is 0 Å². The molecule has 0 saturated carbocycles. The number of imide groups is 1. The second-order valence-corrected chi connectivity index (χ2v) is 4.10. The van der Waals surface area contributed by atoms with Crippen LogP contribution in [0.4, 0.5) is 0 Å². The fraction of sp³-hybridized carbons (Fsp3) is 0.600. The average Bonchev–Trinajstić information content (AvgIpc) is 2.38. The van der Waals surface area contributed by atoms with E-state index < -0.39 is 48.4 Å². The maximum absolute atomic E-state index is 11.9. The lowest BCUT2D eigenvalue weighted by molar-refractivity contribution is -0.178. The van der Waals surface area contributed by atoms with E-state index in [2.05, 4.69) is 0 Å². The summed E-state index contributed by atoms with van der Waals surface area (Å²) in [6, 6.07) is -1.54. The van der Waals surface area contributed by atoms with E-state index in [0.29, 0.717) is 0 Å². The molecule has 9 heteroatoms. The van der Waals surface area contributed by atoms with Crippen molar-refractivity contribution in [1.82, 2.24) is 4.90 Å². The number of ketones is 1. The molecule has 1 rings (SSSR count).